The van der Waals surface area contributed by atoms with Crippen LogP contribution in [0.15, 0.2) is 0 Å². The van der Waals surface area contributed by atoms with E-state index in [-0.39, 0.29) is 24.4 Å². The molecule has 0 aromatic heterocycles. The Morgan fingerprint density at radius 2 is 2.06 bits per heavy atom. The average Bonchev–Trinajstić information content (AvgIpc) is 2.16. The highest BCUT2D eigenvalue weighted by Crippen LogP contribution is 2.18. The van der Waals surface area contributed by atoms with Gasteiger partial charge in [-0.25, -0.2) is 0 Å². The zero-order valence-corrected chi connectivity index (χ0v) is 11.4. The van der Waals surface area contributed by atoms with Crippen molar-refractivity contribution in [2.24, 2.45) is 11.7 Å². The van der Waals surface area contributed by atoms with Crippen LogP contribution in [0.3, 0.4) is 0 Å². The van der Waals surface area contributed by atoms with Gasteiger partial charge in [-0.3, -0.25) is 4.79 Å². The van der Waals surface area contributed by atoms with Crippen LogP contribution >= 0.6 is 12.4 Å². The zero-order chi connectivity index (χ0) is 11.4. The van der Waals surface area contributed by atoms with Crippen LogP contribution in [0.2, 0.25) is 0 Å². The van der Waals surface area contributed by atoms with E-state index in [1.807, 2.05) is 4.90 Å². The molecule has 1 heterocycles. The van der Waals surface area contributed by atoms with E-state index in [2.05, 4.69) is 20.8 Å². The summed E-state index contributed by atoms with van der Waals surface area (Å²) in [4.78, 5) is 14.0. The molecule has 2 N–H and O–H groups in total. The number of amides is 1. The topological polar surface area (TPSA) is 46.3 Å². The van der Waals surface area contributed by atoms with Crippen molar-refractivity contribution in [3.63, 3.8) is 0 Å². The Morgan fingerprint density at radius 3 is 2.56 bits per heavy atom. The van der Waals surface area contributed by atoms with Crippen molar-refractivity contribution in [2.45, 2.75) is 58.5 Å². The summed E-state index contributed by atoms with van der Waals surface area (Å²) < 4.78 is 0. The largest absolute Gasteiger partial charge is 0.339 e. The van der Waals surface area contributed by atoms with Gasteiger partial charge in [-0.2, -0.15) is 0 Å². The Bertz CT molecular complexity index is 221. The summed E-state index contributed by atoms with van der Waals surface area (Å²) >= 11 is 0. The first kappa shape index (κ1) is 15.7. The molecule has 4 heteroatoms. The van der Waals surface area contributed by atoms with Gasteiger partial charge in [0, 0.05) is 12.6 Å². The third kappa shape index (κ3) is 4.30. The lowest BCUT2D eigenvalue weighted by atomic mass is 9.99. The number of nitrogens with two attached hydrogens (primary N) is 1. The summed E-state index contributed by atoms with van der Waals surface area (Å²) in [6, 6.07) is 0.0787. The molecule has 2 atom stereocenters. The van der Waals surface area contributed by atoms with Gasteiger partial charge in [0.1, 0.15) is 0 Å². The second-order valence-corrected chi connectivity index (χ2v) is 5.11. The lowest BCUT2D eigenvalue weighted by Gasteiger charge is -2.35. The van der Waals surface area contributed by atoms with Crippen molar-refractivity contribution in [3.8, 4) is 0 Å². The Morgan fingerprint density at radius 1 is 1.44 bits per heavy atom. The SMILES string of the molecule is CC(C)C[C@H](N)C(=O)N1CCCCC1C.Cl. The predicted molar refractivity (Wildman–Crippen MR) is 69.7 cm³/mol. The van der Waals surface area contributed by atoms with Gasteiger partial charge in [0.05, 0.1) is 6.04 Å². The summed E-state index contributed by atoms with van der Waals surface area (Å²) in [5.41, 5.74) is 5.92. The third-order valence-electron chi connectivity index (χ3n) is 3.13. The van der Waals surface area contributed by atoms with E-state index >= 15 is 0 Å². The normalized spacial score (nSPS) is 22.8. The maximum Gasteiger partial charge on any atom is 0.239 e. The Balaban J connectivity index is 0.00000225. The first-order valence-corrected chi connectivity index (χ1v) is 6.08. The van der Waals surface area contributed by atoms with Crippen molar-refractivity contribution in [3.05, 3.63) is 0 Å². The molecule has 16 heavy (non-hydrogen) atoms. The van der Waals surface area contributed by atoms with Crippen molar-refractivity contribution in [1.82, 2.24) is 4.90 Å². The number of hydrogen-bond acceptors (Lipinski definition) is 2. The lowest BCUT2D eigenvalue weighted by Crippen LogP contribution is -2.50. The molecule has 3 nitrogen and oxygen atoms in total. The summed E-state index contributed by atoms with van der Waals surface area (Å²) in [5.74, 6) is 0.639. The van der Waals surface area contributed by atoms with Gasteiger partial charge in [0.25, 0.3) is 0 Å². The van der Waals surface area contributed by atoms with Crippen LogP contribution in [0.25, 0.3) is 0 Å². The number of halogens is 1. The average molecular weight is 249 g/mol. The van der Waals surface area contributed by atoms with E-state index in [0.717, 1.165) is 25.8 Å². The molecule has 1 aliphatic heterocycles. The van der Waals surface area contributed by atoms with Crippen LogP contribution in [0, 0.1) is 5.92 Å². The minimum Gasteiger partial charge on any atom is -0.339 e. The number of carbonyl (C=O) groups excluding carboxylic acids is 1. The first-order valence-electron chi connectivity index (χ1n) is 6.08. The number of rotatable bonds is 3. The van der Waals surface area contributed by atoms with E-state index in [1.54, 1.807) is 0 Å². The molecule has 1 fully saturated rings. The molecule has 0 aromatic rings. The van der Waals surface area contributed by atoms with Crippen LogP contribution in [0.4, 0.5) is 0 Å². The van der Waals surface area contributed by atoms with Crippen LogP contribution in [-0.2, 0) is 4.79 Å². The minimum absolute atomic E-state index is 0. The molecular weight excluding hydrogens is 224 g/mol. The molecule has 1 saturated heterocycles. The number of likely N-dealkylation sites (tertiary alicyclic amines) is 1. The van der Waals surface area contributed by atoms with Crippen molar-refractivity contribution >= 4 is 18.3 Å². The molecule has 0 spiro atoms. The molecule has 0 radical (unpaired) electrons. The van der Waals surface area contributed by atoms with E-state index in [0.29, 0.717) is 12.0 Å². The van der Waals surface area contributed by atoms with Crippen molar-refractivity contribution in [2.75, 3.05) is 6.54 Å². The Kier molecular flexibility index (Phi) is 7.00. The maximum absolute atomic E-state index is 12.0. The van der Waals surface area contributed by atoms with Gasteiger partial charge >= 0.3 is 0 Å². The van der Waals surface area contributed by atoms with Gasteiger partial charge in [-0.05, 0) is 38.5 Å². The van der Waals surface area contributed by atoms with Gasteiger partial charge in [0.15, 0.2) is 0 Å². The smallest absolute Gasteiger partial charge is 0.239 e. The number of carbonyl (C=O) groups is 1. The molecule has 0 aliphatic carbocycles. The lowest BCUT2D eigenvalue weighted by molar-refractivity contribution is -0.136. The third-order valence-corrected chi connectivity index (χ3v) is 3.13. The van der Waals surface area contributed by atoms with Crippen LogP contribution in [0.5, 0.6) is 0 Å². The second-order valence-electron chi connectivity index (χ2n) is 5.11. The highest BCUT2D eigenvalue weighted by molar-refractivity contribution is 5.85. The fourth-order valence-corrected chi connectivity index (χ4v) is 2.25. The van der Waals surface area contributed by atoms with Crippen LogP contribution in [-0.4, -0.2) is 29.4 Å². The van der Waals surface area contributed by atoms with Gasteiger partial charge in [-0.15, -0.1) is 12.4 Å². The summed E-state index contributed by atoms with van der Waals surface area (Å²) in [6.45, 7) is 7.23. The van der Waals surface area contributed by atoms with E-state index in [9.17, 15) is 4.79 Å². The molecular formula is C12H25ClN2O. The van der Waals surface area contributed by atoms with E-state index < -0.39 is 0 Å². The fraction of sp³-hybridized carbons (Fsp3) is 0.917. The van der Waals surface area contributed by atoms with Crippen LogP contribution < -0.4 is 5.73 Å². The molecule has 1 unspecified atom stereocenters. The van der Waals surface area contributed by atoms with E-state index in [4.69, 9.17) is 5.73 Å². The van der Waals surface area contributed by atoms with Gasteiger partial charge < -0.3 is 10.6 Å². The second kappa shape index (κ2) is 7.13. The number of piperidine rings is 1. The Hall–Kier alpha value is -0.280. The summed E-state index contributed by atoms with van der Waals surface area (Å²) in [7, 11) is 0. The zero-order valence-electron chi connectivity index (χ0n) is 10.6. The molecule has 0 bridgehead atoms. The minimum atomic E-state index is -0.300. The highest BCUT2D eigenvalue weighted by Gasteiger charge is 2.27. The molecule has 1 amide bonds. The monoisotopic (exact) mass is 248 g/mol. The first-order chi connectivity index (χ1) is 7.02. The quantitative estimate of drug-likeness (QED) is 0.832. The molecule has 1 aliphatic rings. The molecule has 1 rings (SSSR count). The highest BCUT2D eigenvalue weighted by atomic mass is 35.5. The fourth-order valence-electron chi connectivity index (χ4n) is 2.25. The summed E-state index contributed by atoms with van der Waals surface area (Å²) in [5, 5.41) is 0. The van der Waals surface area contributed by atoms with Crippen LogP contribution in [0.1, 0.15) is 46.5 Å². The van der Waals surface area contributed by atoms with Crippen molar-refractivity contribution in [1.29, 1.82) is 0 Å². The Labute approximate surface area is 105 Å². The molecule has 96 valence electrons. The number of hydrogen-bond donors (Lipinski definition) is 1. The number of nitrogens with zero attached hydrogens (tertiary/aromatic N) is 1. The standard InChI is InChI=1S/C12H24N2O.ClH/c1-9(2)8-11(13)12(15)14-7-5-4-6-10(14)3;/h9-11H,4-8,13H2,1-3H3;1H/t10?,11-;/m0./s1. The van der Waals surface area contributed by atoms with Crippen molar-refractivity contribution < 1.29 is 4.79 Å². The van der Waals surface area contributed by atoms with Gasteiger partial charge in [-0.1, -0.05) is 13.8 Å². The summed E-state index contributed by atoms with van der Waals surface area (Å²) in [6.07, 6.45) is 4.29. The molecule has 0 aromatic carbocycles. The predicted octanol–water partition coefficient (Wildman–Crippen LogP) is 2.18. The van der Waals surface area contributed by atoms with Gasteiger partial charge in [0.2, 0.25) is 5.91 Å². The van der Waals surface area contributed by atoms with E-state index in [1.165, 1.54) is 6.42 Å². The maximum atomic E-state index is 12.0. The molecule has 0 saturated carbocycles.